The molecule has 0 aromatic heterocycles. The largest absolute Gasteiger partial charge is 0.394 e. The van der Waals surface area contributed by atoms with Gasteiger partial charge in [-0.2, -0.15) is 0 Å². The third-order valence-corrected chi connectivity index (χ3v) is 19.0. The van der Waals surface area contributed by atoms with Gasteiger partial charge in [0.15, 0.2) is 56.6 Å². The minimum atomic E-state index is -2.46. The van der Waals surface area contributed by atoms with Crippen LogP contribution in [-0.2, 0) is 85.3 Å². The van der Waals surface area contributed by atoms with Crippen molar-refractivity contribution >= 4 is 0 Å². The van der Waals surface area contributed by atoms with Crippen LogP contribution in [0.1, 0.15) is 0 Å². The molecular formula is C54H90O45. The Labute approximate surface area is 558 Å². The number of aliphatic hydroxyl groups excluding tert-OH is 27. The van der Waals surface area contributed by atoms with Crippen molar-refractivity contribution in [1.82, 2.24) is 0 Å². The molecule has 17 aliphatic heterocycles. The van der Waals surface area contributed by atoms with Gasteiger partial charge in [0.25, 0.3) is 0 Å². The maximum Gasteiger partial charge on any atom is 0.187 e. The van der Waals surface area contributed by atoms with Crippen LogP contribution < -0.4 is 0 Å². The minimum absolute atomic E-state index is 0.976. The summed E-state index contributed by atoms with van der Waals surface area (Å²) < 4.78 is 104. The number of aliphatic hydroxyl groups is 27. The fourth-order valence-electron chi connectivity index (χ4n) is 13.5. The van der Waals surface area contributed by atoms with E-state index in [9.17, 15) is 138 Å². The van der Waals surface area contributed by atoms with Gasteiger partial charge in [-0.15, -0.1) is 0 Å². The molecule has 17 aliphatic rings. The Morgan fingerprint density at radius 3 is 0.667 bits per heavy atom. The summed E-state index contributed by atoms with van der Waals surface area (Å²) in [6, 6.07) is 0. The highest BCUT2D eigenvalue weighted by atomic mass is 16.8. The van der Waals surface area contributed by atoms with Crippen LogP contribution >= 0.6 is 0 Å². The summed E-state index contributed by atoms with van der Waals surface area (Å²) >= 11 is 0. The molecule has 1 unspecified atom stereocenters. The lowest BCUT2D eigenvalue weighted by molar-refractivity contribution is -0.406. The van der Waals surface area contributed by atoms with E-state index in [4.69, 9.17) is 85.3 Å². The maximum atomic E-state index is 12.5. The van der Waals surface area contributed by atoms with E-state index in [1.54, 1.807) is 0 Å². The van der Waals surface area contributed by atoms with E-state index in [-0.39, 0.29) is 0 Å². The molecule has 45 heteroatoms. The van der Waals surface area contributed by atoms with Crippen LogP contribution in [-0.4, -0.2) is 474 Å². The molecule has 0 saturated carbocycles. The highest BCUT2D eigenvalue weighted by Gasteiger charge is 2.62. The summed E-state index contributed by atoms with van der Waals surface area (Å²) in [6.07, 6.45) is -95.8. The molecule has 0 radical (unpaired) electrons. The topological polar surface area (TPSA) is 712 Å². The molecule has 99 heavy (non-hydrogen) atoms. The molecule has 17 rings (SSSR count). The molecule has 45 nitrogen and oxygen atoms in total. The molecule has 27 N–H and O–H groups in total. The van der Waals surface area contributed by atoms with Gasteiger partial charge in [0.1, 0.15) is 220 Å². The van der Waals surface area contributed by atoms with Gasteiger partial charge in [-0.25, -0.2) is 0 Å². The van der Waals surface area contributed by atoms with Crippen molar-refractivity contribution in [2.75, 3.05) is 59.5 Å². The molecule has 45 atom stereocenters. The second-order valence-corrected chi connectivity index (χ2v) is 25.3. The minimum Gasteiger partial charge on any atom is -0.394 e. The number of rotatable bonds is 13. The normalized spacial score (nSPS) is 55.1. The number of fused-ring (bicyclic) bond motifs is 7. The first-order valence-electron chi connectivity index (χ1n) is 31.7. The van der Waals surface area contributed by atoms with Gasteiger partial charge >= 0.3 is 0 Å². The lowest BCUT2D eigenvalue weighted by atomic mass is 9.94. The monoisotopic (exact) mass is 1460 g/mol. The highest BCUT2D eigenvalue weighted by molar-refractivity contribution is 5.04. The predicted molar refractivity (Wildman–Crippen MR) is 294 cm³/mol. The van der Waals surface area contributed by atoms with Gasteiger partial charge in [-0.3, -0.25) is 0 Å². The van der Waals surface area contributed by atoms with Gasteiger partial charge < -0.3 is 223 Å². The summed E-state index contributed by atoms with van der Waals surface area (Å²) in [5.74, 6) is 0. The third kappa shape index (κ3) is 15.8. The van der Waals surface area contributed by atoms with E-state index in [0.29, 0.717) is 0 Å². The Hall–Kier alpha value is -1.80. The third-order valence-electron chi connectivity index (χ3n) is 19.0. The summed E-state index contributed by atoms with van der Waals surface area (Å²) in [6.45, 7) is -10.3. The highest BCUT2D eigenvalue weighted by Crippen LogP contribution is 2.41. The zero-order chi connectivity index (χ0) is 72.1. The zero-order valence-electron chi connectivity index (χ0n) is 51.8. The molecule has 17 heterocycles. The lowest BCUT2D eigenvalue weighted by Gasteiger charge is -2.51. The number of ether oxygens (including phenoxy) is 18. The number of hydrogen-bond donors (Lipinski definition) is 27. The predicted octanol–water partition coefficient (Wildman–Crippen LogP) is -19.6. The van der Waals surface area contributed by atoms with Crippen LogP contribution in [0.2, 0.25) is 0 Å². The standard InChI is InChI=1S/C54H90O45/c55-1-10-37(19(64)27(72)46(81)82-10)92-47-28(73)20(65)36(11(2-56)83-47)91-45-35(80)44-18(9-63)90-54(45)99-43-17(8-62)89-52(34(79)26(43)71)97-41-15(6-60)87-50(32(77)24(41)69)95-39-13(4-58)85-48(30(75)22(39)67)93-38-12(3-57)84-49(29(74)21(38)66)94-40-14(5-59)86-51(31(76)23(40)68)96-42-16(7-61)88-53(98-44)33(78)25(42)70/h10-81H,1-9H2/t10-,11-,12-,13-,14-,15-,16-,17-,18-,19-,20-,21-,22+,23-,24-,25-,26+,27-,28-,29-,30+,31-,32+,33-,34+,35+,36-,37+,38-,39-,40-,41-,42-,43-,44-,45-,46-,47-,48-,49-,50?,51-,52-,53-,54-/m1/s1. The average molecular weight is 1460 g/mol. The van der Waals surface area contributed by atoms with Crippen molar-refractivity contribution < 1.29 is 223 Å². The van der Waals surface area contributed by atoms with Crippen molar-refractivity contribution in [3.05, 3.63) is 0 Å². The molecule has 0 spiro atoms. The van der Waals surface area contributed by atoms with Crippen molar-refractivity contribution in [1.29, 1.82) is 0 Å². The number of hydrogen-bond acceptors (Lipinski definition) is 45. The molecular weight excluding hydrogens is 1370 g/mol. The quantitative estimate of drug-likeness (QED) is 0.0814. The summed E-state index contributed by atoms with van der Waals surface area (Å²) in [5, 5.41) is 301. The Bertz CT molecular complexity index is 2460. The second kappa shape index (κ2) is 34.0. The lowest BCUT2D eigenvalue weighted by Crippen LogP contribution is -2.70. The SMILES string of the molecule is OC[C@H]1O[C@@H](O)[C@H](O)[C@@H](O)[C@H]1O[C@H]1O[C@H](CO)[C@@H](O[C@H]2[C@H]3O[C@H]4[C@@H](O)[C@H](O)[C@@H](O[C@H]5[C@H](O)[C@H](O)C(O[C@H]6[C@@H](O)[C@H](O)[C@@H](O[C@H]7[C@H](O)[C@@H](O)[C@@H](O[C@H]8[C@H](O)[C@@H](O)[C@@H](O[C@H]9[C@H](O)[C@@H](O)[C@@H](O[C@@H]([C@@H]2O)[C@@H](CO)O3)O[C@@H]9CO)O[C@@H]8CO)O[C@@H]7CO)O[C@@H]6CO)O[C@@H]5CO)O[C@@H]4CO)[C@H](O)[C@H]1O. The Morgan fingerprint density at radius 1 is 0.172 bits per heavy atom. The first-order valence-corrected chi connectivity index (χ1v) is 31.7. The molecule has 0 aliphatic carbocycles. The fourth-order valence-corrected chi connectivity index (χ4v) is 13.5. The van der Waals surface area contributed by atoms with Crippen LogP contribution in [0.4, 0.5) is 0 Å². The van der Waals surface area contributed by atoms with E-state index in [2.05, 4.69) is 0 Å². The van der Waals surface area contributed by atoms with Gasteiger partial charge in [-0.05, 0) is 0 Å². The van der Waals surface area contributed by atoms with Crippen molar-refractivity contribution in [3.8, 4) is 0 Å². The fraction of sp³-hybridized carbons (Fsp3) is 1.00. The smallest absolute Gasteiger partial charge is 0.187 e. The second-order valence-electron chi connectivity index (χ2n) is 25.3. The first-order chi connectivity index (χ1) is 47.1. The van der Waals surface area contributed by atoms with Crippen molar-refractivity contribution in [2.45, 2.75) is 276 Å². The van der Waals surface area contributed by atoms with Gasteiger partial charge in [0.2, 0.25) is 0 Å². The maximum absolute atomic E-state index is 12.5. The van der Waals surface area contributed by atoms with Gasteiger partial charge in [0, 0.05) is 0 Å². The van der Waals surface area contributed by atoms with Crippen LogP contribution in [0.15, 0.2) is 0 Å². The van der Waals surface area contributed by atoms with Crippen LogP contribution in [0.5, 0.6) is 0 Å². The molecule has 17 saturated heterocycles. The molecule has 17 fully saturated rings. The van der Waals surface area contributed by atoms with Crippen molar-refractivity contribution in [3.63, 3.8) is 0 Å². The Morgan fingerprint density at radius 2 is 0.394 bits per heavy atom. The van der Waals surface area contributed by atoms with Crippen LogP contribution in [0, 0.1) is 0 Å². The van der Waals surface area contributed by atoms with Crippen molar-refractivity contribution in [2.24, 2.45) is 0 Å². The summed E-state index contributed by atoms with van der Waals surface area (Å²) in [7, 11) is 0. The van der Waals surface area contributed by atoms with Gasteiger partial charge in [-0.1, -0.05) is 0 Å². The molecule has 0 aromatic carbocycles. The van der Waals surface area contributed by atoms with E-state index in [0.717, 1.165) is 0 Å². The summed E-state index contributed by atoms with van der Waals surface area (Å²) in [4.78, 5) is 0. The van der Waals surface area contributed by atoms with E-state index in [1.807, 2.05) is 0 Å². The van der Waals surface area contributed by atoms with E-state index in [1.165, 1.54) is 0 Å². The first kappa shape index (κ1) is 79.8. The van der Waals surface area contributed by atoms with Crippen LogP contribution in [0.25, 0.3) is 0 Å². The molecule has 576 valence electrons. The molecule has 0 aromatic rings. The molecule has 14 bridgehead atoms. The Kier molecular flexibility index (Phi) is 27.4. The average Bonchev–Trinajstić information content (AvgIpc) is 0.774. The van der Waals surface area contributed by atoms with Gasteiger partial charge in [0.05, 0.1) is 59.5 Å². The molecule has 0 amide bonds. The van der Waals surface area contributed by atoms with E-state index < -0.39 is 336 Å². The Balaban J connectivity index is 0.968. The van der Waals surface area contributed by atoms with E-state index >= 15 is 0 Å². The zero-order valence-corrected chi connectivity index (χ0v) is 51.8. The summed E-state index contributed by atoms with van der Waals surface area (Å²) in [5.41, 5.74) is 0. The van der Waals surface area contributed by atoms with Crippen LogP contribution in [0.3, 0.4) is 0 Å².